The van der Waals surface area contributed by atoms with E-state index in [4.69, 9.17) is 4.52 Å². The lowest BCUT2D eigenvalue weighted by Crippen LogP contribution is -2.27. The highest BCUT2D eigenvalue weighted by Crippen LogP contribution is 2.14. The highest BCUT2D eigenvalue weighted by molar-refractivity contribution is 5.21. The quantitative estimate of drug-likeness (QED) is 0.756. The van der Waals surface area contributed by atoms with Crippen LogP contribution in [0.2, 0.25) is 0 Å². The highest BCUT2D eigenvalue weighted by atomic mass is 16.5. The molecule has 0 spiro atoms. The number of nitrogens with zero attached hydrogens (tertiary/aromatic N) is 1. The summed E-state index contributed by atoms with van der Waals surface area (Å²) < 4.78 is 5.05. The molecule has 0 bridgehead atoms. The summed E-state index contributed by atoms with van der Waals surface area (Å²) in [5.74, 6) is 0.786. The Kier molecular flexibility index (Phi) is 2.95. The molecule has 90 valence electrons. The zero-order chi connectivity index (χ0) is 12.4. The Morgan fingerprint density at radius 3 is 2.59 bits per heavy atom. The van der Waals surface area contributed by atoms with Crippen molar-refractivity contribution in [2.45, 2.75) is 26.7 Å². The fourth-order valence-electron chi connectivity index (χ4n) is 1.71. The first-order valence-electron chi connectivity index (χ1n) is 5.30. The number of aromatic amines is 2. The minimum atomic E-state index is -0.633. The summed E-state index contributed by atoms with van der Waals surface area (Å²) in [4.78, 5) is 22.0. The van der Waals surface area contributed by atoms with Crippen molar-refractivity contribution in [3.8, 4) is 0 Å². The third kappa shape index (κ3) is 2.35. The third-order valence-electron chi connectivity index (χ3n) is 2.69. The fraction of sp³-hybridized carbons (Fsp3) is 0.364. The average Bonchev–Trinajstić information content (AvgIpc) is 2.61. The monoisotopic (exact) mass is 235 g/mol. The molecule has 0 unspecified atom stereocenters. The smallest absolute Gasteiger partial charge is 0.310 e. The second kappa shape index (κ2) is 4.40. The molecule has 0 amide bonds. The third-order valence-corrected chi connectivity index (χ3v) is 2.69. The summed E-state index contributed by atoms with van der Waals surface area (Å²) in [5, 5.41) is 8.84. The van der Waals surface area contributed by atoms with Crippen molar-refractivity contribution >= 4 is 0 Å². The molecular formula is C11H13N3O3. The van der Waals surface area contributed by atoms with Crippen LogP contribution in [-0.2, 0) is 12.8 Å². The molecule has 6 nitrogen and oxygen atoms in total. The predicted molar refractivity (Wildman–Crippen MR) is 61.1 cm³/mol. The Bertz CT molecular complexity index is 616. The van der Waals surface area contributed by atoms with Crippen LogP contribution in [0.4, 0.5) is 0 Å². The van der Waals surface area contributed by atoms with Gasteiger partial charge in [0.25, 0.3) is 0 Å². The van der Waals surface area contributed by atoms with E-state index in [0.29, 0.717) is 18.5 Å². The molecule has 0 saturated heterocycles. The minimum absolute atomic E-state index is 0.530. The van der Waals surface area contributed by atoms with Gasteiger partial charge in [-0.05, 0) is 26.7 Å². The predicted octanol–water partition coefficient (Wildman–Crippen LogP) is 0.453. The van der Waals surface area contributed by atoms with E-state index in [1.807, 2.05) is 13.8 Å². The molecule has 2 rings (SSSR count). The van der Waals surface area contributed by atoms with E-state index in [2.05, 4.69) is 15.4 Å². The highest BCUT2D eigenvalue weighted by Gasteiger charge is 2.09. The molecular weight excluding hydrogens is 222 g/mol. The molecule has 0 aliphatic rings. The number of hydrogen-bond donors (Lipinski definition) is 2. The lowest BCUT2D eigenvalue weighted by atomic mass is 10.1. The van der Waals surface area contributed by atoms with Gasteiger partial charge in [0.2, 0.25) is 5.43 Å². The van der Waals surface area contributed by atoms with E-state index in [9.17, 15) is 9.59 Å². The van der Waals surface area contributed by atoms with Crippen molar-refractivity contribution in [3.05, 3.63) is 49.4 Å². The van der Waals surface area contributed by atoms with Gasteiger partial charge in [-0.1, -0.05) is 5.16 Å². The van der Waals surface area contributed by atoms with Crippen LogP contribution >= 0.6 is 0 Å². The molecule has 2 aromatic rings. The van der Waals surface area contributed by atoms with Crippen molar-refractivity contribution in [1.82, 2.24) is 15.4 Å². The Labute approximate surface area is 96.6 Å². The van der Waals surface area contributed by atoms with Crippen LogP contribution in [0.1, 0.15) is 22.7 Å². The van der Waals surface area contributed by atoms with Crippen molar-refractivity contribution in [2.75, 3.05) is 0 Å². The van der Waals surface area contributed by atoms with Crippen molar-refractivity contribution in [1.29, 1.82) is 0 Å². The van der Waals surface area contributed by atoms with Crippen LogP contribution in [0.15, 0.2) is 20.2 Å². The molecule has 0 saturated carbocycles. The number of aromatic nitrogens is 3. The maximum absolute atomic E-state index is 11.1. The molecule has 0 atom stereocenters. The van der Waals surface area contributed by atoms with E-state index in [1.54, 1.807) is 0 Å². The molecule has 0 radical (unpaired) electrons. The van der Waals surface area contributed by atoms with Crippen molar-refractivity contribution in [2.24, 2.45) is 0 Å². The lowest BCUT2D eigenvalue weighted by Gasteiger charge is -2.00. The number of aryl methyl sites for hydroxylation is 3. The normalized spacial score (nSPS) is 10.7. The summed E-state index contributed by atoms with van der Waals surface area (Å²) in [6.07, 6.45) is 1.33. The first-order valence-corrected chi connectivity index (χ1v) is 5.30. The molecule has 0 aromatic carbocycles. The first kappa shape index (κ1) is 11.4. The van der Waals surface area contributed by atoms with Crippen LogP contribution in [0.5, 0.6) is 0 Å². The van der Waals surface area contributed by atoms with Gasteiger partial charge < -0.3 is 9.62 Å². The maximum atomic E-state index is 11.1. The van der Waals surface area contributed by atoms with Crippen LogP contribution in [0, 0.1) is 13.8 Å². The van der Waals surface area contributed by atoms with Gasteiger partial charge >= 0.3 is 5.56 Å². The Morgan fingerprint density at radius 1 is 1.24 bits per heavy atom. The van der Waals surface area contributed by atoms with Gasteiger partial charge in [-0.3, -0.25) is 14.7 Å². The van der Waals surface area contributed by atoms with Crippen LogP contribution in [-0.4, -0.2) is 15.4 Å². The van der Waals surface area contributed by atoms with Gasteiger partial charge in [0, 0.05) is 17.3 Å². The molecule has 6 heteroatoms. The van der Waals surface area contributed by atoms with E-state index in [-0.39, 0.29) is 0 Å². The molecule has 0 aliphatic heterocycles. The summed E-state index contributed by atoms with van der Waals surface area (Å²) >= 11 is 0. The summed E-state index contributed by atoms with van der Waals surface area (Å²) in [5.41, 5.74) is 1.42. The topological polar surface area (TPSA) is 91.8 Å². The SMILES string of the molecule is Cc1noc(C)c1CCc1cc(=O)c(=O)[nH][nH]1. The average molecular weight is 235 g/mol. The minimum Gasteiger partial charge on any atom is -0.361 e. The second-order valence-electron chi connectivity index (χ2n) is 3.92. The van der Waals surface area contributed by atoms with Crippen LogP contribution in [0.3, 0.4) is 0 Å². The molecule has 17 heavy (non-hydrogen) atoms. The second-order valence-corrected chi connectivity index (χ2v) is 3.92. The van der Waals surface area contributed by atoms with Gasteiger partial charge in [0.1, 0.15) is 5.76 Å². The zero-order valence-electron chi connectivity index (χ0n) is 9.66. The standard InChI is InChI=1S/C11H13N3O3/c1-6-9(7(2)17-14-6)4-3-8-5-10(15)11(16)13-12-8/h5H,3-4H2,1-2H3,(H,12,15)(H,13,16). The van der Waals surface area contributed by atoms with Crippen molar-refractivity contribution < 1.29 is 4.52 Å². The summed E-state index contributed by atoms with van der Waals surface area (Å²) in [6, 6.07) is 1.32. The van der Waals surface area contributed by atoms with Gasteiger partial charge in [-0.25, -0.2) is 0 Å². The number of H-pyrrole nitrogens is 2. The lowest BCUT2D eigenvalue weighted by molar-refractivity contribution is 0.392. The first-order chi connectivity index (χ1) is 8.08. The van der Waals surface area contributed by atoms with Gasteiger partial charge in [0.05, 0.1) is 5.69 Å². The van der Waals surface area contributed by atoms with Crippen LogP contribution < -0.4 is 11.0 Å². The summed E-state index contributed by atoms with van der Waals surface area (Å²) in [6.45, 7) is 3.73. The number of nitrogens with one attached hydrogen (secondary N) is 2. The van der Waals surface area contributed by atoms with Crippen LogP contribution in [0.25, 0.3) is 0 Å². The van der Waals surface area contributed by atoms with E-state index in [1.165, 1.54) is 6.07 Å². The van der Waals surface area contributed by atoms with E-state index < -0.39 is 11.0 Å². The Balaban J connectivity index is 2.15. The largest absolute Gasteiger partial charge is 0.361 e. The maximum Gasteiger partial charge on any atom is 0.310 e. The van der Waals surface area contributed by atoms with Gasteiger partial charge in [0.15, 0.2) is 0 Å². The summed E-state index contributed by atoms with van der Waals surface area (Å²) in [7, 11) is 0. The fourth-order valence-corrected chi connectivity index (χ4v) is 1.71. The Hall–Kier alpha value is -2.11. The number of hydrogen-bond acceptors (Lipinski definition) is 4. The van der Waals surface area contributed by atoms with E-state index >= 15 is 0 Å². The van der Waals surface area contributed by atoms with Crippen molar-refractivity contribution in [3.63, 3.8) is 0 Å². The van der Waals surface area contributed by atoms with Gasteiger partial charge in [-0.15, -0.1) is 0 Å². The zero-order valence-corrected chi connectivity index (χ0v) is 9.66. The van der Waals surface area contributed by atoms with E-state index in [0.717, 1.165) is 17.0 Å². The molecule has 2 aromatic heterocycles. The number of rotatable bonds is 3. The molecule has 2 heterocycles. The molecule has 0 aliphatic carbocycles. The molecule has 0 fully saturated rings. The Morgan fingerprint density at radius 2 is 2.00 bits per heavy atom. The molecule has 2 N–H and O–H groups in total. The van der Waals surface area contributed by atoms with Gasteiger partial charge in [-0.2, -0.15) is 0 Å².